The molecule has 136 valence electrons. The minimum atomic E-state index is -0.320. The van der Waals surface area contributed by atoms with Crippen molar-refractivity contribution in [2.24, 2.45) is 0 Å². The van der Waals surface area contributed by atoms with Crippen molar-refractivity contribution < 1.29 is 9.50 Å². The molecule has 2 aromatic heterocycles. The maximum atomic E-state index is 13.1. The Bertz CT molecular complexity index is 967. The van der Waals surface area contributed by atoms with Gasteiger partial charge in [0.15, 0.2) is 0 Å². The van der Waals surface area contributed by atoms with Gasteiger partial charge < -0.3 is 10.1 Å². The largest absolute Gasteiger partial charge is 0.392 e. The van der Waals surface area contributed by atoms with E-state index in [-0.39, 0.29) is 17.5 Å². The number of likely N-dealkylation sites (tertiary alicyclic amines) is 1. The lowest BCUT2D eigenvalue weighted by atomic mass is 10.2. The Labute approximate surface area is 154 Å². The molecule has 5 nitrogen and oxygen atoms in total. The maximum Gasteiger partial charge on any atom is 0.268 e. The predicted octanol–water partition coefficient (Wildman–Crippen LogP) is 3.14. The molecule has 4 rings (SSSR count). The van der Waals surface area contributed by atoms with Gasteiger partial charge in [0, 0.05) is 11.4 Å². The summed E-state index contributed by atoms with van der Waals surface area (Å²) >= 11 is 1.36. The normalized spacial score (nSPS) is 18.9. The Balaban J connectivity index is 1.63. The van der Waals surface area contributed by atoms with Crippen LogP contribution in [0.4, 0.5) is 4.39 Å². The van der Waals surface area contributed by atoms with Crippen LogP contribution in [-0.4, -0.2) is 39.2 Å². The molecule has 1 fully saturated rings. The van der Waals surface area contributed by atoms with E-state index in [9.17, 15) is 14.3 Å². The highest BCUT2D eigenvalue weighted by atomic mass is 32.1. The van der Waals surface area contributed by atoms with Crippen LogP contribution in [0.1, 0.15) is 25.1 Å². The zero-order valence-electron chi connectivity index (χ0n) is 14.2. The monoisotopic (exact) mass is 373 g/mol. The number of fused-ring (bicyclic) bond motifs is 1. The first-order valence-electron chi connectivity index (χ1n) is 8.77. The molecule has 1 aliphatic rings. The average Bonchev–Trinajstić information content (AvgIpc) is 2.93. The zero-order valence-corrected chi connectivity index (χ0v) is 15.1. The lowest BCUT2D eigenvalue weighted by molar-refractivity contribution is 0.116. The number of aliphatic hydroxyl groups is 1. The molecular formula is C19H20FN3O2S. The minimum Gasteiger partial charge on any atom is -0.392 e. The first-order valence-corrected chi connectivity index (χ1v) is 9.59. The summed E-state index contributed by atoms with van der Waals surface area (Å²) in [5, 5.41) is 9.95. The van der Waals surface area contributed by atoms with Gasteiger partial charge in [-0.1, -0.05) is 12.1 Å². The van der Waals surface area contributed by atoms with E-state index in [0.717, 1.165) is 36.2 Å². The Morgan fingerprint density at radius 2 is 2.12 bits per heavy atom. The van der Waals surface area contributed by atoms with Crippen LogP contribution >= 0.6 is 11.3 Å². The van der Waals surface area contributed by atoms with Crippen LogP contribution in [-0.2, 0) is 6.54 Å². The second-order valence-electron chi connectivity index (χ2n) is 6.73. The number of hydrogen-bond donors (Lipinski definition) is 2. The van der Waals surface area contributed by atoms with Crippen LogP contribution in [0.25, 0.3) is 20.7 Å². The first kappa shape index (κ1) is 17.3. The number of halogens is 1. The summed E-state index contributed by atoms with van der Waals surface area (Å²) in [6.07, 6.45) is 2.56. The molecule has 0 radical (unpaired) electrons. The molecule has 2 N–H and O–H groups in total. The van der Waals surface area contributed by atoms with Crippen molar-refractivity contribution in [3.8, 4) is 10.4 Å². The topological polar surface area (TPSA) is 69.2 Å². The van der Waals surface area contributed by atoms with Gasteiger partial charge in [-0.05, 0) is 49.6 Å². The quantitative estimate of drug-likeness (QED) is 0.740. The molecule has 1 saturated heterocycles. The molecule has 3 heterocycles. The van der Waals surface area contributed by atoms with Crippen LogP contribution in [0, 0.1) is 5.82 Å². The minimum absolute atomic E-state index is 0.154. The third-order valence-corrected chi connectivity index (χ3v) is 5.84. The van der Waals surface area contributed by atoms with Gasteiger partial charge in [0.2, 0.25) is 0 Å². The summed E-state index contributed by atoms with van der Waals surface area (Å²) in [6, 6.07) is 8.10. The number of nitrogens with zero attached hydrogens (tertiary/aromatic N) is 2. The predicted molar refractivity (Wildman–Crippen MR) is 101 cm³/mol. The van der Waals surface area contributed by atoms with Crippen LogP contribution in [0.15, 0.2) is 35.1 Å². The Morgan fingerprint density at radius 1 is 1.31 bits per heavy atom. The molecular weight excluding hydrogens is 353 g/mol. The summed E-state index contributed by atoms with van der Waals surface area (Å²) in [6.45, 7) is 2.01. The third-order valence-electron chi connectivity index (χ3n) is 4.66. The van der Waals surface area contributed by atoms with E-state index >= 15 is 0 Å². The number of aliphatic hydroxyl groups excluding tert-OH is 1. The van der Waals surface area contributed by atoms with E-state index in [1.54, 1.807) is 12.1 Å². The first-order chi connectivity index (χ1) is 12.6. The Kier molecular flexibility index (Phi) is 4.84. The van der Waals surface area contributed by atoms with E-state index in [4.69, 9.17) is 0 Å². The highest BCUT2D eigenvalue weighted by molar-refractivity contribution is 7.22. The van der Waals surface area contributed by atoms with E-state index in [1.165, 1.54) is 23.5 Å². The summed E-state index contributed by atoms with van der Waals surface area (Å²) in [4.78, 5) is 23.0. The SMILES string of the molecule is O=c1[nH]c(CN2CCCCC(O)C2)nc2cc(-c3ccc(F)cc3)sc12. The number of benzene rings is 1. The molecule has 0 bridgehead atoms. The van der Waals surface area contributed by atoms with Gasteiger partial charge in [-0.25, -0.2) is 9.37 Å². The van der Waals surface area contributed by atoms with Crippen molar-refractivity contribution in [3.63, 3.8) is 0 Å². The standard InChI is InChI=1S/C19H20FN3O2S/c20-13-6-4-12(5-7-13)16-9-15-18(26-16)19(25)22-17(21-15)11-23-8-2-1-3-14(24)10-23/h4-7,9,14,24H,1-3,8,10-11H2,(H,21,22,25). The van der Waals surface area contributed by atoms with Crippen LogP contribution in [0.2, 0.25) is 0 Å². The summed E-state index contributed by atoms with van der Waals surface area (Å²) < 4.78 is 13.7. The Morgan fingerprint density at radius 3 is 2.92 bits per heavy atom. The van der Waals surface area contributed by atoms with E-state index in [1.807, 2.05) is 6.07 Å². The number of rotatable bonds is 3. The Hall–Kier alpha value is -2.09. The van der Waals surface area contributed by atoms with Crippen molar-refractivity contribution in [1.29, 1.82) is 0 Å². The van der Waals surface area contributed by atoms with Gasteiger partial charge in [0.1, 0.15) is 16.3 Å². The fraction of sp³-hybridized carbons (Fsp3) is 0.368. The summed E-state index contributed by atoms with van der Waals surface area (Å²) in [5.41, 5.74) is 1.37. The van der Waals surface area contributed by atoms with E-state index in [2.05, 4.69) is 14.9 Å². The van der Waals surface area contributed by atoms with E-state index < -0.39 is 0 Å². The van der Waals surface area contributed by atoms with Gasteiger partial charge in [-0.3, -0.25) is 9.69 Å². The fourth-order valence-electron chi connectivity index (χ4n) is 3.37. The third kappa shape index (κ3) is 3.70. The van der Waals surface area contributed by atoms with Crippen molar-refractivity contribution >= 4 is 21.6 Å². The molecule has 3 aromatic rings. The fourth-order valence-corrected chi connectivity index (χ4v) is 4.37. The number of thiophene rings is 1. The van der Waals surface area contributed by atoms with Gasteiger partial charge >= 0.3 is 0 Å². The maximum absolute atomic E-state index is 13.1. The molecule has 1 unspecified atom stereocenters. The second-order valence-corrected chi connectivity index (χ2v) is 7.78. The van der Waals surface area contributed by atoms with Crippen molar-refractivity contribution in [2.75, 3.05) is 13.1 Å². The molecule has 0 saturated carbocycles. The number of aromatic nitrogens is 2. The zero-order chi connectivity index (χ0) is 18.1. The van der Waals surface area contributed by atoms with Crippen LogP contribution in [0.3, 0.4) is 0 Å². The number of β-amino-alcohol motifs (C(OH)–C–C–N with tert-alkyl or cyclic N) is 1. The van der Waals surface area contributed by atoms with Crippen molar-refractivity contribution in [1.82, 2.24) is 14.9 Å². The number of hydrogen-bond acceptors (Lipinski definition) is 5. The van der Waals surface area contributed by atoms with Crippen LogP contribution < -0.4 is 5.56 Å². The van der Waals surface area contributed by atoms with Gasteiger partial charge in [-0.15, -0.1) is 11.3 Å². The van der Waals surface area contributed by atoms with Gasteiger partial charge in [0.05, 0.1) is 18.2 Å². The van der Waals surface area contributed by atoms with Gasteiger partial charge in [-0.2, -0.15) is 0 Å². The molecule has 1 atom stereocenters. The summed E-state index contributed by atoms with van der Waals surface area (Å²) in [7, 11) is 0. The molecule has 1 aliphatic heterocycles. The lowest BCUT2D eigenvalue weighted by Gasteiger charge is -2.20. The number of H-pyrrole nitrogens is 1. The van der Waals surface area contributed by atoms with E-state index in [0.29, 0.717) is 29.1 Å². The molecule has 0 aliphatic carbocycles. The molecule has 7 heteroatoms. The van der Waals surface area contributed by atoms with Crippen LogP contribution in [0.5, 0.6) is 0 Å². The molecule has 0 amide bonds. The number of aromatic amines is 1. The van der Waals surface area contributed by atoms with Crippen molar-refractivity contribution in [3.05, 3.63) is 52.3 Å². The molecule has 1 aromatic carbocycles. The second kappa shape index (κ2) is 7.26. The molecule has 0 spiro atoms. The smallest absolute Gasteiger partial charge is 0.268 e. The van der Waals surface area contributed by atoms with Gasteiger partial charge in [0.25, 0.3) is 5.56 Å². The van der Waals surface area contributed by atoms with Crippen molar-refractivity contribution in [2.45, 2.75) is 31.9 Å². The highest BCUT2D eigenvalue weighted by Crippen LogP contribution is 2.31. The lowest BCUT2D eigenvalue weighted by Crippen LogP contribution is -2.31. The highest BCUT2D eigenvalue weighted by Gasteiger charge is 2.18. The number of nitrogens with one attached hydrogen (secondary N) is 1. The average molecular weight is 373 g/mol. The summed E-state index contributed by atoms with van der Waals surface area (Å²) in [5.74, 6) is 0.327. The molecule has 26 heavy (non-hydrogen) atoms.